The molecule has 1 aromatic heterocycles. The third-order valence-electron chi connectivity index (χ3n) is 4.17. The molecule has 0 spiro atoms. The largest absolute Gasteiger partial charge is 0.352 e. The number of carbonyl (C=O) groups excluding carboxylic acids is 1. The van der Waals surface area contributed by atoms with Crippen LogP contribution in [0.15, 0.2) is 47.2 Å². The van der Waals surface area contributed by atoms with Gasteiger partial charge in [0.15, 0.2) is 11.6 Å². The van der Waals surface area contributed by atoms with Gasteiger partial charge in [0.05, 0.1) is 15.7 Å². The predicted molar refractivity (Wildman–Crippen MR) is 118 cm³/mol. The van der Waals surface area contributed by atoms with Gasteiger partial charge in [0.1, 0.15) is 0 Å². The lowest BCUT2D eigenvalue weighted by Gasteiger charge is -2.18. The molecule has 2 N–H and O–H groups in total. The van der Waals surface area contributed by atoms with Crippen LogP contribution in [0.1, 0.15) is 21.5 Å². The average molecular weight is 558 g/mol. The molecule has 28 heavy (non-hydrogen) atoms. The number of aromatic nitrogens is 1. The highest BCUT2D eigenvalue weighted by molar-refractivity contribution is 14.1. The minimum Gasteiger partial charge on any atom is -0.352 e. The first kappa shape index (κ1) is 20.7. The minimum absolute atomic E-state index is 0.0144. The van der Waals surface area contributed by atoms with Crippen molar-refractivity contribution >= 4 is 61.5 Å². The van der Waals surface area contributed by atoms with Gasteiger partial charge >= 0.3 is 0 Å². The van der Waals surface area contributed by atoms with Gasteiger partial charge in [-0.1, -0.05) is 0 Å². The van der Waals surface area contributed by atoms with E-state index in [9.17, 15) is 13.6 Å². The van der Waals surface area contributed by atoms with E-state index in [0.717, 1.165) is 9.13 Å². The third kappa shape index (κ3) is 4.17. The maximum atomic E-state index is 14.8. The van der Waals surface area contributed by atoms with Gasteiger partial charge in [0.25, 0.3) is 5.91 Å². The number of pyridine rings is 1. The first-order valence-electron chi connectivity index (χ1n) is 8.21. The molecule has 3 aromatic rings. The van der Waals surface area contributed by atoms with Crippen molar-refractivity contribution in [2.45, 2.75) is 13.8 Å². The van der Waals surface area contributed by atoms with Crippen molar-refractivity contribution in [3.8, 4) is 0 Å². The van der Waals surface area contributed by atoms with E-state index in [2.05, 4.69) is 54.1 Å². The zero-order valence-electron chi connectivity index (χ0n) is 14.9. The third-order valence-corrected chi connectivity index (χ3v) is 5.79. The van der Waals surface area contributed by atoms with E-state index < -0.39 is 17.5 Å². The van der Waals surface area contributed by atoms with E-state index >= 15 is 0 Å². The summed E-state index contributed by atoms with van der Waals surface area (Å²) < 4.78 is 30.1. The zero-order chi connectivity index (χ0) is 20.4. The van der Waals surface area contributed by atoms with Crippen LogP contribution in [0.3, 0.4) is 0 Å². The van der Waals surface area contributed by atoms with Crippen LogP contribution in [0.4, 0.5) is 25.8 Å². The summed E-state index contributed by atoms with van der Waals surface area (Å²) in [7, 11) is 0. The Hall–Kier alpha value is -2.07. The molecule has 0 atom stereocenters. The Labute approximate surface area is 183 Å². The summed E-state index contributed by atoms with van der Waals surface area (Å²) in [6.07, 6.45) is 3.05. The van der Waals surface area contributed by atoms with Gasteiger partial charge in [-0.05, 0) is 93.8 Å². The van der Waals surface area contributed by atoms with E-state index in [-0.39, 0.29) is 21.3 Å². The standard InChI is InChI=1S/C20H15BrF2IN3O/c1-10-9-12(24)3-4-14(10)27-19-15(11(2)16(21)17(22)18(19)23)20(28)26-13-5-7-25-8-6-13/h3-9,27H,1-2H3,(H,25,26,28). The van der Waals surface area contributed by atoms with E-state index in [1.807, 2.05) is 19.1 Å². The number of nitrogens with zero attached hydrogens (tertiary/aromatic N) is 1. The molecular formula is C20H15BrF2IN3O. The van der Waals surface area contributed by atoms with Crippen molar-refractivity contribution in [2.24, 2.45) is 0 Å². The smallest absolute Gasteiger partial charge is 0.258 e. The molecule has 3 rings (SSSR count). The van der Waals surface area contributed by atoms with Gasteiger partial charge in [-0.2, -0.15) is 0 Å². The zero-order valence-corrected chi connectivity index (χ0v) is 18.7. The predicted octanol–water partition coefficient (Wildman–Crippen LogP) is 6.34. The van der Waals surface area contributed by atoms with Crippen LogP contribution >= 0.6 is 38.5 Å². The number of hydrogen-bond donors (Lipinski definition) is 2. The van der Waals surface area contributed by atoms with Gasteiger partial charge in [-0.25, -0.2) is 8.78 Å². The Kier molecular flexibility index (Phi) is 6.29. The number of aryl methyl sites for hydroxylation is 1. The van der Waals surface area contributed by atoms with Crippen LogP contribution in [-0.4, -0.2) is 10.9 Å². The number of amides is 1. The van der Waals surface area contributed by atoms with Crippen LogP contribution < -0.4 is 10.6 Å². The summed E-state index contributed by atoms with van der Waals surface area (Å²) >= 11 is 5.21. The highest BCUT2D eigenvalue weighted by Crippen LogP contribution is 2.36. The van der Waals surface area contributed by atoms with Crippen molar-refractivity contribution in [1.29, 1.82) is 0 Å². The lowest BCUT2D eigenvalue weighted by Crippen LogP contribution is -2.18. The lowest BCUT2D eigenvalue weighted by molar-refractivity contribution is 0.102. The Morgan fingerprint density at radius 1 is 1.11 bits per heavy atom. The first-order chi connectivity index (χ1) is 13.3. The Morgan fingerprint density at radius 2 is 1.79 bits per heavy atom. The van der Waals surface area contributed by atoms with Crippen molar-refractivity contribution < 1.29 is 13.6 Å². The molecular weight excluding hydrogens is 543 g/mol. The molecule has 0 fully saturated rings. The molecule has 0 unspecified atom stereocenters. The molecule has 2 aromatic carbocycles. The lowest BCUT2D eigenvalue weighted by atomic mass is 10.0. The fourth-order valence-electron chi connectivity index (χ4n) is 2.71. The second kappa shape index (κ2) is 8.52. The fourth-order valence-corrected chi connectivity index (χ4v) is 3.73. The monoisotopic (exact) mass is 557 g/mol. The molecule has 0 radical (unpaired) electrons. The molecule has 144 valence electrons. The van der Waals surface area contributed by atoms with Crippen LogP contribution in [0.25, 0.3) is 0 Å². The maximum Gasteiger partial charge on any atom is 0.258 e. The number of carbonyl (C=O) groups is 1. The van der Waals surface area contributed by atoms with Crippen LogP contribution in [0, 0.1) is 29.1 Å². The summed E-state index contributed by atoms with van der Waals surface area (Å²) in [6.45, 7) is 3.40. The second-order valence-electron chi connectivity index (χ2n) is 6.09. The molecule has 0 aliphatic heterocycles. The van der Waals surface area contributed by atoms with E-state index in [0.29, 0.717) is 11.4 Å². The Bertz CT molecular complexity index is 1060. The minimum atomic E-state index is -1.13. The van der Waals surface area contributed by atoms with Gasteiger partial charge in [0, 0.05) is 27.3 Å². The highest BCUT2D eigenvalue weighted by atomic mass is 127. The molecule has 8 heteroatoms. The molecule has 1 amide bonds. The Balaban J connectivity index is 2.11. The van der Waals surface area contributed by atoms with E-state index in [1.54, 1.807) is 25.1 Å². The number of hydrogen-bond acceptors (Lipinski definition) is 3. The average Bonchev–Trinajstić information content (AvgIpc) is 2.67. The van der Waals surface area contributed by atoms with Crippen molar-refractivity contribution in [1.82, 2.24) is 4.98 Å². The number of benzene rings is 2. The summed E-state index contributed by atoms with van der Waals surface area (Å²) in [6, 6.07) is 8.72. The van der Waals surface area contributed by atoms with Crippen molar-refractivity contribution in [3.63, 3.8) is 0 Å². The quantitative estimate of drug-likeness (QED) is 0.291. The van der Waals surface area contributed by atoms with Gasteiger partial charge < -0.3 is 10.6 Å². The normalized spacial score (nSPS) is 10.6. The first-order valence-corrected chi connectivity index (χ1v) is 10.1. The molecule has 0 saturated heterocycles. The molecule has 4 nitrogen and oxygen atoms in total. The van der Waals surface area contributed by atoms with Gasteiger partial charge in [-0.15, -0.1) is 0 Å². The summed E-state index contributed by atoms with van der Waals surface area (Å²) in [4.78, 5) is 16.8. The summed E-state index contributed by atoms with van der Waals surface area (Å²) in [5, 5.41) is 5.59. The number of halogens is 4. The van der Waals surface area contributed by atoms with Crippen LogP contribution in [0.5, 0.6) is 0 Å². The van der Waals surface area contributed by atoms with Crippen LogP contribution in [-0.2, 0) is 0 Å². The number of nitrogens with one attached hydrogen (secondary N) is 2. The van der Waals surface area contributed by atoms with Crippen molar-refractivity contribution in [3.05, 3.63) is 79.1 Å². The van der Waals surface area contributed by atoms with Crippen molar-refractivity contribution in [2.75, 3.05) is 10.6 Å². The highest BCUT2D eigenvalue weighted by Gasteiger charge is 2.26. The van der Waals surface area contributed by atoms with E-state index in [1.165, 1.54) is 12.4 Å². The van der Waals surface area contributed by atoms with Crippen LogP contribution in [0.2, 0.25) is 0 Å². The van der Waals surface area contributed by atoms with Gasteiger partial charge in [-0.3, -0.25) is 9.78 Å². The maximum absolute atomic E-state index is 14.8. The fraction of sp³-hybridized carbons (Fsp3) is 0.100. The van der Waals surface area contributed by atoms with Gasteiger partial charge in [0.2, 0.25) is 0 Å². The molecule has 0 aliphatic carbocycles. The Morgan fingerprint density at radius 3 is 2.43 bits per heavy atom. The molecule has 0 aliphatic rings. The number of anilines is 3. The number of rotatable bonds is 4. The molecule has 0 bridgehead atoms. The molecule has 0 saturated carbocycles. The van der Waals surface area contributed by atoms with E-state index in [4.69, 9.17) is 0 Å². The summed E-state index contributed by atoms with van der Waals surface area (Å²) in [5.41, 5.74) is 2.01. The molecule has 1 heterocycles. The topological polar surface area (TPSA) is 54.0 Å². The summed E-state index contributed by atoms with van der Waals surface area (Å²) in [5.74, 6) is -2.74. The SMILES string of the molecule is Cc1cc(I)ccc1Nc1c(F)c(F)c(Br)c(C)c1C(=O)Nc1ccncc1. The second-order valence-corrected chi connectivity index (χ2v) is 8.13.